The van der Waals surface area contributed by atoms with Crippen molar-refractivity contribution < 1.29 is 22.4 Å². The van der Waals surface area contributed by atoms with Gasteiger partial charge in [0.25, 0.3) is 11.8 Å². The molecule has 0 aliphatic heterocycles. The smallest absolute Gasteiger partial charge is 0.387 e. The summed E-state index contributed by atoms with van der Waals surface area (Å²) in [6.07, 6.45) is -0.159. The number of sulfonamides is 1. The molecule has 3 rings (SSSR count). The summed E-state index contributed by atoms with van der Waals surface area (Å²) in [7, 11) is -2.59. The lowest BCUT2D eigenvalue weighted by molar-refractivity contribution is -0.129. The van der Waals surface area contributed by atoms with Crippen molar-refractivity contribution in [2.75, 3.05) is 13.6 Å². The molecule has 0 saturated heterocycles. The van der Waals surface area contributed by atoms with Gasteiger partial charge in [0.15, 0.2) is 0 Å². The van der Waals surface area contributed by atoms with E-state index in [1.165, 1.54) is 30.5 Å². The van der Waals surface area contributed by atoms with Crippen LogP contribution in [0.2, 0.25) is 0 Å². The number of nitrogens with zero attached hydrogens (tertiary/aromatic N) is 3. The average Bonchev–Trinajstić information content (AvgIpc) is 3.41. The Morgan fingerprint density at radius 2 is 1.84 bits per heavy atom. The highest BCUT2D eigenvalue weighted by molar-refractivity contribution is 7.89. The minimum Gasteiger partial charge on any atom is -0.387 e. The number of aryl methyl sites for hydroxylation is 2. The van der Waals surface area contributed by atoms with E-state index in [0.717, 1.165) is 14.6 Å². The van der Waals surface area contributed by atoms with Gasteiger partial charge in [-0.15, -0.1) is 16.4 Å². The monoisotopic (exact) mass is 479 g/mol. The van der Waals surface area contributed by atoms with Crippen LogP contribution in [0.15, 0.2) is 55.9 Å². The highest BCUT2D eigenvalue weighted by Gasteiger charge is 2.23. The van der Waals surface area contributed by atoms with Gasteiger partial charge >= 0.3 is 5.76 Å². The molecule has 2 heterocycles. The fourth-order valence-corrected chi connectivity index (χ4v) is 4.34. The molecule has 0 fully saturated rings. The van der Waals surface area contributed by atoms with Crippen molar-refractivity contribution in [3.63, 3.8) is 0 Å². The van der Waals surface area contributed by atoms with E-state index in [4.69, 9.17) is 4.42 Å². The lowest BCUT2D eigenvalue weighted by atomic mass is 10.2. The van der Waals surface area contributed by atoms with E-state index >= 15 is 0 Å². The molecule has 11 nitrogen and oxygen atoms in total. The molecule has 0 bridgehead atoms. The summed E-state index contributed by atoms with van der Waals surface area (Å²) >= 11 is 1.36. The maximum absolute atomic E-state index is 12.5. The second-order valence-corrected chi connectivity index (χ2v) is 9.79. The lowest BCUT2D eigenvalue weighted by Gasteiger charge is -2.17. The van der Waals surface area contributed by atoms with E-state index in [-0.39, 0.29) is 23.8 Å². The highest BCUT2D eigenvalue weighted by atomic mass is 32.2. The first kappa shape index (κ1) is 23.4. The Balaban J connectivity index is 1.47. The van der Waals surface area contributed by atoms with Gasteiger partial charge < -0.3 is 4.42 Å². The summed E-state index contributed by atoms with van der Waals surface area (Å²) in [5, 5.41) is 5.84. The first-order valence-corrected chi connectivity index (χ1v) is 11.7. The van der Waals surface area contributed by atoms with Gasteiger partial charge in [0, 0.05) is 13.5 Å². The van der Waals surface area contributed by atoms with Crippen LogP contribution in [0, 0.1) is 6.92 Å². The Hall–Kier alpha value is -3.29. The molecule has 0 spiro atoms. The largest absolute Gasteiger partial charge is 0.437 e. The van der Waals surface area contributed by atoms with E-state index in [2.05, 4.69) is 16.0 Å². The molecule has 0 radical (unpaired) electrons. The molecule has 32 heavy (non-hydrogen) atoms. The molecular weight excluding hydrogens is 458 g/mol. The Labute approximate surface area is 187 Å². The van der Waals surface area contributed by atoms with Crippen LogP contribution in [0.5, 0.6) is 0 Å². The summed E-state index contributed by atoms with van der Waals surface area (Å²) in [5.74, 6) is -1.85. The third-order valence-corrected chi connectivity index (χ3v) is 7.00. The molecule has 2 N–H and O–H groups in total. The lowest BCUT2D eigenvalue weighted by Crippen LogP contribution is -2.47. The van der Waals surface area contributed by atoms with Crippen LogP contribution in [0.4, 0.5) is 0 Å². The first-order valence-electron chi connectivity index (χ1n) is 9.39. The number of benzene rings is 1. The third kappa shape index (κ3) is 5.69. The number of rotatable bonds is 8. The predicted octanol–water partition coefficient (Wildman–Crippen LogP) is 0.731. The van der Waals surface area contributed by atoms with Crippen LogP contribution in [-0.2, 0) is 26.2 Å². The summed E-state index contributed by atoms with van der Waals surface area (Å²) in [4.78, 5) is 36.6. The highest BCUT2D eigenvalue weighted by Crippen LogP contribution is 2.21. The van der Waals surface area contributed by atoms with E-state index in [0.29, 0.717) is 4.88 Å². The quantitative estimate of drug-likeness (QED) is 0.453. The predicted molar refractivity (Wildman–Crippen MR) is 116 cm³/mol. The standard InChI is InChI=1S/C19H21N5O6S2/c1-13-5-7-14(8-6-13)32(28,29)23(2)12-17(26)21-20-16(25)9-10-24-19(27)30-18(22-24)15-4-3-11-31-15/h3-8,11H,9-10,12H2,1-2H3,(H,20,25)(H,21,26). The summed E-state index contributed by atoms with van der Waals surface area (Å²) < 4.78 is 32.0. The van der Waals surface area contributed by atoms with Crippen molar-refractivity contribution in [1.82, 2.24) is 24.9 Å². The molecule has 0 aliphatic rings. The van der Waals surface area contributed by atoms with E-state index < -0.39 is 34.1 Å². The molecular formula is C19H21N5O6S2. The van der Waals surface area contributed by atoms with Crippen molar-refractivity contribution in [3.05, 3.63) is 57.9 Å². The Bertz CT molecular complexity index is 1250. The molecule has 0 aliphatic carbocycles. The molecule has 2 aromatic heterocycles. The van der Waals surface area contributed by atoms with Crippen LogP contribution in [0.1, 0.15) is 12.0 Å². The van der Waals surface area contributed by atoms with Crippen LogP contribution in [-0.4, -0.2) is 47.9 Å². The minimum absolute atomic E-state index is 0.0578. The van der Waals surface area contributed by atoms with E-state index in [1.807, 2.05) is 12.3 Å². The second-order valence-electron chi connectivity index (χ2n) is 6.79. The second kappa shape index (κ2) is 9.89. The minimum atomic E-state index is -3.85. The summed E-state index contributed by atoms with van der Waals surface area (Å²) in [6, 6.07) is 9.76. The molecule has 0 unspecified atom stereocenters. The molecule has 0 saturated carbocycles. The molecule has 2 amide bonds. The number of carbonyl (C=O) groups is 2. The van der Waals surface area contributed by atoms with Crippen LogP contribution in [0.3, 0.4) is 0 Å². The number of likely N-dealkylation sites (N-methyl/N-ethyl adjacent to an activating group) is 1. The van der Waals surface area contributed by atoms with Crippen molar-refractivity contribution in [2.45, 2.75) is 24.8 Å². The first-order chi connectivity index (χ1) is 15.2. The number of carbonyl (C=O) groups excluding carboxylic acids is 2. The summed E-state index contributed by atoms with van der Waals surface area (Å²) in [6.45, 7) is 1.28. The van der Waals surface area contributed by atoms with Crippen LogP contribution in [0.25, 0.3) is 10.8 Å². The van der Waals surface area contributed by atoms with Crippen molar-refractivity contribution >= 4 is 33.2 Å². The fourth-order valence-electron chi connectivity index (χ4n) is 2.57. The third-order valence-electron chi connectivity index (χ3n) is 4.33. The van der Waals surface area contributed by atoms with Crippen molar-refractivity contribution in [2.24, 2.45) is 0 Å². The number of aromatic nitrogens is 2. The van der Waals surface area contributed by atoms with Gasteiger partial charge in [0.05, 0.1) is 22.9 Å². The maximum atomic E-state index is 12.5. The van der Waals surface area contributed by atoms with Crippen molar-refractivity contribution in [1.29, 1.82) is 0 Å². The van der Waals surface area contributed by atoms with Gasteiger partial charge in [-0.05, 0) is 30.5 Å². The zero-order chi connectivity index (χ0) is 23.3. The number of amides is 2. The van der Waals surface area contributed by atoms with E-state index in [9.17, 15) is 22.8 Å². The normalized spacial score (nSPS) is 11.5. The number of hydrogen-bond acceptors (Lipinski definition) is 8. The molecule has 0 atom stereocenters. The molecule has 3 aromatic rings. The van der Waals surface area contributed by atoms with Crippen molar-refractivity contribution in [3.8, 4) is 10.8 Å². The van der Waals surface area contributed by atoms with Gasteiger partial charge in [0.1, 0.15) is 0 Å². The number of thiophene rings is 1. The Kier molecular flexibility index (Phi) is 7.22. The topological polar surface area (TPSA) is 144 Å². The molecule has 13 heteroatoms. The van der Waals surface area contributed by atoms with Gasteiger partial charge in [-0.3, -0.25) is 20.4 Å². The average molecular weight is 480 g/mol. The van der Waals surface area contributed by atoms with Gasteiger partial charge in [0.2, 0.25) is 15.9 Å². The number of hydrogen-bond donors (Lipinski definition) is 2. The fraction of sp³-hybridized carbons (Fsp3) is 0.263. The Morgan fingerprint density at radius 3 is 2.50 bits per heavy atom. The number of hydrazine groups is 1. The summed E-state index contributed by atoms with van der Waals surface area (Å²) in [5.41, 5.74) is 5.23. The SMILES string of the molecule is Cc1ccc(S(=O)(=O)N(C)CC(=O)NNC(=O)CCn2nc(-c3cccs3)oc2=O)cc1. The van der Waals surface area contributed by atoms with Gasteiger partial charge in [-0.1, -0.05) is 23.8 Å². The molecule has 170 valence electrons. The van der Waals surface area contributed by atoms with Crippen LogP contribution >= 0.6 is 11.3 Å². The number of nitrogens with one attached hydrogen (secondary N) is 2. The van der Waals surface area contributed by atoms with Gasteiger partial charge in [-0.25, -0.2) is 13.2 Å². The van der Waals surface area contributed by atoms with Crippen LogP contribution < -0.4 is 16.6 Å². The van der Waals surface area contributed by atoms with Gasteiger partial charge in [-0.2, -0.15) is 8.99 Å². The van der Waals surface area contributed by atoms with E-state index in [1.54, 1.807) is 24.3 Å². The zero-order valence-electron chi connectivity index (χ0n) is 17.3. The zero-order valence-corrected chi connectivity index (χ0v) is 18.9. The molecule has 1 aromatic carbocycles. The maximum Gasteiger partial charge on any atom is 0.437 e. The Morgan fingerprint density at radius 1 is 1.16 bits per heavy atom.